The minimum atomic E-state index is -0.340. The number of nitrogens with zero attached hydrogens (tertiary/aromatic N) is 1. The van der Waals surface area contributed by atoms with E-state index in [0.717, 1.165) is 25.8 Å². The van der Waals surface area contributed by atoms with Gasteiger partial charge < -0.3 is 4.74 Å². The predicted molar refractivity (Wildman–Crippen MR) is 51.5 cm³/mol. The van der Waals surface area contributed by atoms with Gasteiger partial charge in [0.05, 0.1) is 7.11 Å². The highest BCUT2D eigenvalue weighted by molar-refractivity contribution is 5.80. The Morgan fingerprint density at radius 2 is 2.23 bits per heavy atom. The molecule has 0 radical (unpaired) electrons. The van der Waals surface area contributed by atoms with Crippen LogP contribution in [0.1, 0.15) is 32.6 Å². The molecule has 0 aromatic heterocycles. The van der Waals surface area contributed by atoms with Crippen LogP contribution in [0, 0.1) is 0 Å². The monoisotopic (exact) mass is 185 g/mol. The summed E-state index contributed by atoms with van der Waals surface area (Å²) in [4.78, 5) is 13.8. The number of likely N-dealkylation sites (N-methyl/N-ethyl adjacent to an activating group) is 1. The fourth-order valence-electron chi connectivity index (χ4n) is 2.21. The van der Waals surface area contributed by atoms with E-state index in [9.17, 15) is 4.79 Å². The Balaban J connectivity index is 2.82. The second kappa shape index (κ2) is 4.09. The average Bonchev–Trinajstić information content (AvgIpc) is 2.18. The molecule has 0 aromatic carbocycles. The maximum atomic E-state index is 11.7. The molecule has 0 aliphatic carbocycles. The van der Waals surface area contributed by atoms with Crippen LogP contribution in [0.25, 0.3) is 0 Å². The summed E-state index contributed by atoms with van der Waals surface area (Å²) < 4.78 is 4.87. The van der Waals surface area contributed by atoms with Gasteiger partial charge in [0.15, 0.2) is 0 Å². The Morgan fingerprint density at radius 1 is 1.54 bits per heavy atom. The van der Waals surface area contributed by atoms with Gasteiger partial charge in [-0.25, -0.2) is 0 Å². The Labute approximate surface area is 80.1 Å². The first-order valence-corrected chi connectivity index (χ1v) is 4.97. The summed E-state index contributed by atoms with van der Waals surface area (Å²) in [6.45, 7) is 3.06. The van der Waals surface area contributed by atoms with E-state index in [0.29, 0.717) is 0 Å². The van der Waals surface area contributed by atoms with Gasteiger partial charge >= 0.3 is 5.97 Å². The van der Waals surface area contributed by atoms with Crippen LogP contribution in [0.2, 0.25) is 0 Å². The molecule has 3 nitrogen and oxygen atoms in total. The average molecular weight is 185 g/mol. The fourth-order valence-corrected chi connectivity index (χ4v) is 2.21. The van der Waals surface area contributed by atoms with Gasteiger partial charge in [0, 0.05) is 0 Å². The molecule has 1 atom stereocenters. The summed E-state index contributed by atoms with van der Waals surface area (Å²) in [6.07, 6.45) is 4.10. The van der Waals surface area contributed by atoms with E-state index in [1.54, 1.807) is 0 Å². The van der Waals surface area contributed by atoms with E-state index in [1.807, 2.05) is 7.05 Å². The zero-order chi connectivity index (χ0) is 9.90. The van der Waals surface area contributed by atoms with Crippen LogP contribution in [0.3, 0.4) is 0 Å². The number of carbonyl (C=O) groups excluding carboxylic acids is 1. The number of piperidine rings is 1. The minimum Gasteiger partial charge on any atom is -0.468 e. The lowest BCUT2D eigenvalue weighted by Gasteiger charge is -2.42. The molecular weight excluding hydrogens is 166 g/mol. The zero-order valence-electron chi connectivity index (χ0n) is 8.80. The lowest BCUT2D eigenvalue weighted by molar-refractivity contribution is -0.157. The summed E-state index contributed by atoms with van der Waals surface area (Å²) in [5.74, 6) is -0.0720. The third-order valence-corrected chi connectivity index (χ3v) is 3.21. The molecule has 1 fully saturated rings. The molecule has 0 spiro atoms. The molecule has 0 saturated carbocycles. The molecule has 76 valence electrons. The lowest BCUT2D eigenvalue weighted by atomic mass is 9.85. The third-order valence-electron chi connectivity index (χ3n) is 3.21. The van der Waals surface area contributed by atoms with Crippen molar-refractivity contribution in [2.75, 3.05) is 20.7 Å². The van der Waals surface area contributed by atoms with Gasteiger partial charge in [-0.15, -0.1) is 0 Å². The number of hydrogen-bond acceptors (Lipinski definition) is 3. The summed E-state index contributed by atoms with van der Waals surface area (Å²) in [6, 6.07) is 0. The Kier molecular flexibility index (Phi) is 3.31. The van der Waals surface area contributed by atoms with Crippen molar-refractivity contribution in [2.24, 2.45) is 0 Å². The van der Waals surface area contributed by atoms with Crippen molar-refractivity contribution < 1.29 is 9.53 Å². The van der Waals surface area contributed by atoms with E-state index in [1.165, 1.54) is 13.5 Å². The summed E-state index contributed by atoms with van der Waals surface area (Å²) in [7, 11) is 3.49. The number of esters is 1. The Morgan fingerprint density at radius 3 is 2.69 bits per heavy atom. The fraction of sp³-hybridized carbons (Fsp3) is 0.900. The molecule has 1 saturated heterocycles. The molecule has 0 N–H and O–H groups in total. The molecule has 0 bridgehead atoms. The quantitative estimate of drug-likeness (QED) is 0.609. The largest absolute Gasteiger partial charge is 0.468 e. The summed E-state index contributed by atoms with van der Waals surface area (Å²) in [5, 5.41) is 0. The normalized spacial score (nSPS) is 30.1. The maximum Gasteiger partial charge on any atom is 0.326 e. The molecule has 0 amide bonds. The van der Waals surface area contributed by atoms with E-state index in [-0.39, 0.29) is 11.5 Å². The summed E-state index contributed by atoms with van der Waals surface area (Å²) >= 11 is 0. The number of ether oxygens (including phenoxy) is 1. The van der Waals surface area contributed by atoms with Crippen molar-refractivity contribution in [3.05, 3.63) is 0 Å². The lowest BCUT2D eigenvalue weighted by Crippen LogP contribution is -2.55. The van der Waals surface area contributed by atoms with Crippen molar-refractivity contribution in [2.45, 2.75) is 38.1 Å². The maximum absolute atomic E-state index is 11.7. The van der Waals surface area contributed by atoms with Gasteiger partial charge in [0.1, 0.15) is 5.54 Å². The van der Waals surface area contributed by atoms with Gasteiger partial charge in [-0.2, -0.15) is 0 Å². The van der Waals surface area contributed by atoms with Crippen LogP contribution in [-0.2, 0) is 9.53 Å². The molecule has 1 aliphatic heterocycles. The second-order valence-electron chi connectivity index (χ2n) is 3.76. The van der Waals surface area contributed by atoms with Crippen molar-refractivity contribution in [3.63, 3.8) is 0 Å². The van der Waals surface area contributed by atoms with Crippen LogP contribution >= 0.6 is 0 Å². The van der Waals surface area contributed by atoms with Crippen LogP contribution in [-0.4, -0.2) is 37.1 Å². The van der Waals surface area contributed by atoms with Gasteiger partial charge in [-0.05, 0) is 39.3 Å². The van der Waals surface area contributed by atoms with E-state index < -0.39 is 0 Å². The van der Waals surface area contributed by atoms with Crippen LogP contribution < -0.4 is 0 Å². The smallest absolute Gasteiger partial charge is 0.326 e. The third kappa shape index (κ3) is 1.70. The van der Waals surface area contributed by atoms with E-state index in [4.69, 9.17) is 4.74 Å². The number of hydrogen-bond donors (Lipinski definition) is 0. The van der Waals surface area contributed by atoms with Gasteiger partial charge in [0.25, 0.3) is 0 Å². The van der Waals surface area contributed by atoms with Gasteiger partial charge in [0.2, 0.25) is 0 Å². The predicted octanol–water partition coefficient (Wildman–Crippen LogP) is 1.42. The van der Waals surface area contributed by atoms with Gasteiger partial charge in [-0.1, -0.05) is 6.92 Å². The highest BCUT2D eigenvalue weighted by Gasteiger charge is 2.42. The van der Waals surface area contributed by atoms with E-state index in [2.05, 4.69) is 11.8 Å². The first-order valence-electron chi connectivity index (χ1n) is 4.97. The van der Waals surface area contributed by atoms with Crippen molar-refractivity contribution in [3.8, 4) is 0 Å². The second-order valence-corrected chi connectivity index (χ2v) is 3.76. The highest BCUT2D eigenvalue weighted by Crippen LogP contribution is 2.30. The zero-order valence-corrected chi connectivity index (χ0v) is 8.80. The number of likely N-dealkylation sites (tertiary alicyclic amines) is 1. The Bertz CT molecular complexity index is 193. The van der Waals surface area contributed by atoms with E-state index >= 15 is 0 Å². The van der Waals surface area contributed by atoms with Gasteiger partial charge in [-0.3, -0.25) is 9.69 Å². The summed E-state index contributed by atoms with van der Waals surface area (Å²) in [5.41, 5.74) is -0.340. The molecular formula is C10H19NO2. The molecule has 13 heavy (non-hydrogen) atoms. The topological polar surface area (TPSA) is 29.5 Å². The first kappa shape index (κ1) is 10.5. The van der Waals surface area contributed by atoms with Crippen molar-refractivity contribution in [1.29, 1.82) is 0 Å². The van der Waals surface area contributed by atoms with Crippen molar-refractivity contribution in [1.82, 2.24) is 4.90 Å². The standard InChI is InChI=1S/C10H19NO2/c1-4-10(9(12)13-3)7-5-6-8-11(10)2/h4-8H2,1-3H3. The van der Waals surface area contributed by atoms with Crippen LogP contribution in [0.15, 0.2) is 0 Å². The first-order chi connectivity index (χ1) is 6.17. The van der Waals surface area contributed by atoms with Crippen molar-refractivity contribution >= 4 is 5.97 Å². The molecule has 1 aliphatic rings. The number of rotatable bonds is 2. The minimum absolute atomic E-state index is 0.0720. The SMILES string of the molecule is CCC1(C(=O)OC)CCCCN1C. The number of carbonyl (C=O) groups is 1. The van der Waals surface area contributed by atoms with Crippen LogP contribution in [0.4, 0.5) is 0 Å². The molecule has 1 heterocycles. The molecule has 3 heteroatoms. The molecule has 1 rings (SSSR count). The Hall–Kier alpha value is -0.570. The molecule has 0 aromatic rings. The molecule has 1 unspecified atom stereocenters. The number of methoxy groups -OCH3 is 1. The van der Waals surface area contributed by atoms with Crippen LogP contribution in [0.5, 0.6) is 0 Å². The highest BCUT2D eigenvalue weighted by atomic mass is 16.5.